The van der Waals surface area contributed by atoms with Crippen molar-refractivity contribution in [3.63, 3.8) is 0 Å². The van der Waals surface area contributed by atoms with Crippen molar-refractivity contribution in [3.8, 4) is 22.9 Å². The second-order valence-corrected chi connectivity index (χ2v) is 7.57. The molecule has 1 atom stereocenters. The first kappa shape index (κ1) is 23.7. The highest BCUT2D eigenvalue weighted by atomic mass is 16.6. The largest absolute Gasteiger partial charge is 0.493 e. The highest BCUT2D eigenvalue weighted by Crippen LogP contribution is 2.31. The molecule has 0 spiro atoms. The number of ether oxygens (including phenoxy) is 3. The Balaban J connectivity index is 1.83. The van der Waals surface area contributed by atoms with Crippen molar-refractivity contribution in [2.45, 2.75) is 20.0 Å². The Hall–Kier alpha value is -4.46. The number of para-hydroxylation sites is 2. The average molecular weight is 472 g/mol. The van der Waals surface area contributed by atoms with Gasteiger partial charge in [0.15, 0.2) is 23.4 Å². The third kappa shape index (κ3) is 5.06. The van der Waals surface area contributed by atoms with E-state index < -0.39 is 12.1 Å². The molecular weight excluding hydrogens is 446 g/mol. The van der Waals surface area contributed by atoms with Crippen LogP contribution in [0.25, 0.3) is 22.3 Å². The Bertz CT molecular complexity index is 1430. The Morgan fingerprint density at radius 3 is 2.54 bits per heavy atom. The van der Waals surface area contributed by atoms with E-state index in [0.29, 0.717) is 33.8 Å². The lowest BCUT2D eigenvalue weighted by atomic mass is 10.2. The number of methoxy groups -OCH3 is 1. The van der Waals surface area contributed by atoms with Gasteiger partial charge in [0.1, 0.15) is 0 Å². The second kappa shape index (κ2) is 10.6. The van der Waals surface area contributed by atoms with E-state index in [1.165, 1.54) is 18.0 Å². The van der Waals surface area contributed by atoms with Gasteiger partial charge in [-0.05, 0) is 38.1 Å². The highest BCUT2D eigenvalue weighted by molar-refractivity contribution is 5.86. The molecule has 0 radical (unpaired) electrons. The maximum Gasteiger partial charge on any atom is 0.347 e. The first-order valence-electron chi connectivity index (χ1n) is 11.1. The number of fused-ring (bicyclic) bond motifs is 1. The van der Waals surface area contributed by atoms with Crippen molar-refractivity contribution in [1.29, 1.82) is 0 Å². The Morgan fingerprint density at radius 2 is 1.80 bits per heavy atom. The first-order chi connectivity index (χ1) is 17.0. The van der Waals surface area contributed by atoms with Gasteiger partial charge in [-0.15, -0.1) is 0 Å². The first-order valence-corrected chi connectivity index (χ1v) is 11.1. The van der Waals surface area contributed by atoms with E-state index in [9.17, 15) is 9.59 Å². The molecule has 0 amide bonds. The average Bonchev–Trinajstić information content (AvgIpc) is 2.89. The number of hydrogen-bond acceptors (Lipinski definition) is 7. The van der Waals surface area contributed by atoms with Crippen molar-refractivity contribution in [2.75, 3.05) is 13.7 Å². The fraction of sp³-hybridized carbons (Fsp3) is 0.185. The molecule has 0 aliphatic rings. The number of carbonyl (C=O) groups is 1. The van der Waals surface area contributed by atoms with Crippen LogP contribution >= 0.6 is 0 Å². The third-order valence-electron chi connectivity index (χ3n) is 5.24. The molecule has 0 saturated carbocycles. The van der Waals surface area contributed by atoms with Gasteiger partial charge in [0.05, 0.1) is 30.8 Å². The molecule has 0 aliphatic carbocycles. The smallest absolute Gasteiger partial charge is 0.347 e. The molecule has 3 aromatic carbocycles. The molecule has 0 bridgehead atoms. The van der Waals surface area contributed by atoms with Crippen LogP contribution in [0.3, 0.4) is 0 Å². The number of hydrogen-bond donors (Lipinski definition) is 0. The van der Waals surface area contributed by atoms with E-state index in [0.717, 1.165) is 5.56 Å². The zero-order valence-electron chi connectivity index (χ0n) is 19.7. The zero-order valence-corrected chi connectivity index (χ0v) is 19.7. The van der Waals surface area contributed by atoms with Gasteiger partial charge < -0.3 is 14.2 Å². The van der Waals surface area contributed by atoms with Crippen LogP contribution in [0.4, 0.5) is 0 Å². The van der Waals surface area contributed by atoms with E-state index in [-0.39, 0.29) is 12.2 Å². The van der Waals surface area contributed by atoms with Crippen LogP contribution in [0.1, 0.15) is 19.4 Å². The normalized spacial score (nSPS) is 12.0. The van der Waals surface area contributed by atoms with Crippen LogP contribution in [0.2, 0.25) is 0 Å². The quantitative estimate of drug-likeness (QED) is 0.281. The lowest BCUT2D eigenvalue weighted by Gasteiger charge is -2.17. The summed E-state index contributed by atoms with van der Waals surface area (Å²) in [4.78, 5) is 30.2. The molecule has 4 aromatic rings. The van der Waals surface area contributed by atoms with Crippen LogP contribution in [0.15, 0.2) is 82.7 Å². The van der Waals surface area contributed by atoms with Gasteiger partial charge in [-0.25, -0.2) is 9.78 Å². The molecule has 178 valence electrons. The summed E-state index contributed by atoms with van der Waals surface area (Å²) < 4.78 is 17.6. The van der Waals surface area contributed by atoms with Crippen molar-refractivity contribution in [1.82, 2.24) is 9.66 Å². The topological polar surface area (TPSA) is 92.0 Å². The van der Waals surface area contributed by atoms with Gasteiger partial charge in [0.25, 0.3) is 5.56 Å². The van der Waals surface area contributed by atoms with E-state index >= 15 is 0 Å². The van der Waals surface area contributed by atoms with Crippen molar-refractivity contribution in [2.24, 2.45) is 5.10 Å². The summed E-state index contributed by atoms with van der Waals surface area (Å²) in [6.07, 6.45) is 0.614. The van der Waals surface area contributed by atoms with Crippen LogP contribution < -0.4 is 15.0 Å². The monoisotopic (exact) mass is 471 g/mol. The van der Waals surface area contributed by atoms with Gasteiger partial charge in [0, 0.05) is 11.1 Å². The molecule has 0 unspecified atom stereocenters. The molecule has 0 aliphatic heterocycles. The van der Waals surface area contributed by atoms with E-state index in [1.807, 2.05) is 36.4 Å². The van der Waals surface area contributed by atoms with Crippen LogP contribution in [0.5, 0.6) is 11.5 Å². The number of aromatic nitrogens is 2. The summed E-state index contributed by atoms with van der Waals surface area (Å²) >= 11 is 0. The van der Waals surface area contributed by atoms with Crippen molar-refractivity contribution in [3.05, 3.63) is 88.7 Å². The van der Waals surface area contributed by atoms with Gasteiger partial charge in [-0.3, -0.25) is 4.79 Å². The summed E-state index contributed by atoms with van der Waals surface area (Å²) in [5.74, 6) is 0.623. The number of carbonyl (C=O) groups excluding carboxylic acids is 1. The predicted molar refractivity (Wildman–Crippen MR) is 134 cm³/mol. The molecule has 1 aromatic heterocycles. The molecular formula is C27H25N3O5. The van der Waals surface area contributed by atoms with E-state index in [2.05, 4.69) is 5.10 Å². The van der Waals surface area contributed by atoms with Gasteiger partial charge >= 0.3 is 5.97 Å². The van der Waals surface area contributed by atoms with Crippen LogP contribution in [-0.2, 0) is 9.53 Å². The Labute approximate surface area is 202 Å². The molecule has 0 saturated heterocycles. The SMILES string of the molecule is CCOC(=O)[C@@H](C)Oc1c(C=Nn2c(-c3ccccc3)nc3ccccc3c2=O)cccc1OC. The second-order valence-electron chi connectivity index (χ2n) is 7.57. The summed E-state index contributed by atoms with van der Waals surface area (Å²) in [6.45, 7) is 3.56. The maximum absolute atomic E-state index is 13.4. The number of rotatable bonds is 8. The van der Waals surface area contributed by atoms with Crippen LogP contribution in [0, 0.1) is 0 Å². The standard InChI is InChI=1S/C27H25N3O5/c1-4-34-27(32)18(2)35-24-20(13-10-16-23(24)33-3)17-28-30-25(19-11-6-5-7-12-19)29-22-15-9-8-14-21(22)26(30)31/h5-18H,4H2,1-3H3/t18-/m1/s1. The molecule has 4 rings (SSSR count). The van der Waals surface area contributed by atoms with Crippen LogP contribution in [-0.4, -0.2) is 41.7 Å². The summed E-state index contributed by atoms with van der Waals surface area (Å²) in [7, 11) is 1.50. The fourth-order valence-electron chi connectivity index (χ4n) is 3.53. The number of esters is 1. The highest BCUT2D eigenvalue weighted by Gasteiger charge is 2.20. The number of nitrogens with zero attached hydrogens (tertiary/aromatic N) is 3. The molecule has 0 N–H and O–H groups in total. The van der Waals surface area contributed by atoms with Gasteiger partial charge in [-0.2, -0.15) is 9.78 Å². The molecule has 1 heterocycles. The Kier molecular flexibility index (Phi) is 7.21. The fourth-order valence-corrected chi connectivity index (χ4v) is 3.53. The lowest BCUT2D eigenvalue weighted by Crippen LogP contribution is -2.26. The predicted octanol–water partition coefficient (Wildman–Crippen LogP) is 4.28. The molecule has 35 heavy (non-hydrogen) atoms. The summed E-state index contributed by atoms with van der Waals surface area (Å²) in [5, 5.41) is 4.94. The Morgan fingerprint density at radius 1 is 1.06 bits per heavy atom. The molecule has 8 heteroatoms. The van der Waals surface area contributed by atoms with E-state index in [4.69, 9.17) is 19.2 Å². The van der Waals surface area contributed by atoms with E-state index in [1.54, 1.807) is 50.2 Å². The lowest BCUT2D eigenvalue weighted by molar-refractivity contribution is -0.150. The minimum Gasteiger partial charge on any atom is -0.493 e. The molecule has 0 fully saturated rings. The maximum atomic E-state index is 13.4. The third-order valence-corrected chi connectivity index (χ3v) is 5.24. The van der Waals surface area contributed by atoms with Gasteiger partial charge in [-0.1, -0.05) is 48.5 Å². The summed E-state index contributed by atoms with van der Waals surface area (Å²) in [5.41, 5.74) is 1.53. The van der Waals surface area contributed by atoms with Gasteiger partial charge in [0.2, 0.25) is 0 Å². The summed E-state index contributed by atoms with van der Waals surface area (Å²) in [6, 6.07) is 21.7. The number of benzene rings is 3. The minimum atomic E-state index is -0.872. The zero-order chi connectivity index (χ0) is 24.8. The minimum absolute atomic E-state index is 0.243. The molecule has 8 nitrogen and oxygen atoms in total. The van der Waals surface area contributed by atoms with Crippen molar-refractivity contribution >= 4 is 23.1 Å². The van der Waals surface area contributed by atoms with Crippen molar-refractivity contribution < 1.29 is 19.0 Å².